The van der Waals surface area contributed by atoms with Crippen LogP contribution in [0.2, 0.25) is 0 Å². The average molecular weight is 344 g/mol. The Balaban J connectivity index is 1.80. The normalized spacial score (nSPS) is 35.4. The van der Waals surface area contributed by atoms with Gasteiger partial charge in [-0.2, -0.15) is 0 Å². The maximum atomic E-state index is 13.0. The van der Waals surface area contributed by atoms with Crippen LogP contribution in [-0.2, 0) is 14.3 Å². The summed E-state index contributed by atoms with van der Waals surface area (Å²) in [5.41, 5.74) is -1.61. The van der Waals surface area contributed by atoms with Gasteiger partial charge in [-0.15, -0.1) is 0 Å². The molecule has 130 valence electrons. The average Bonchev–Trinajstić information content (AvgIpc) is 3.11. The molecule has 3 heterocycles. The Morgan fingerprint density at radius 1 is 1.16 bits per heavy atom. The van der Waals surface area contributed by atoms with Crippen LogP contribution in [0.15, 0.2) is 30.4 Å². The number of nitrogens with zero attached hydrogens (tertiary/aromatic N) is 2. The number of carbonyl (C=O) groups excluding carboxylic acids is 2. The monoisotopic (exact) mass is 344 g/mol. The summed E-state index contributed by atoms with van der Waals surface area (Å²) < 4.78 is 11.1. The summed E-state index contributed by atoms with van der Waals surface area (Å²) in [6.45, 7) is 3.59. The molecule has 0 radical (unpaired) electrons. The minimum Gasteiger partial charge on any atom is -0.494 e. The molecule has 0 aliphatic carbocycles. The summed E-state index contributed by atoms with van der Waals surface area (Å²) in [5.74, 6) is -1.88. The van der Waals surface area contributed by atoms with Crippen LogP contribution in [0.1, 0.15) is 13.8 Å². The predicted octanol–water partition coefficient (Wildman–Crippen LogP) is 1.83. The van der Waals surface area contributed by atoms with Crippen molar-refractivity contribution >= 4 is 23.2 Å². The Hall–Kier alpha value is -2.74. The van der Waals surface area contributed by atoms with Crippen molar-refractivity contribution in [1.29, 1.82) is 0 Å². The van der Waals surface area contributed by atoms with Crippen LogP contribution in [0.4, 0.5) is 11.4 Å². The topological polar surface area (TPSA) is 99.0 Å². The zero-order valence-electron chi connectivity index (χ0n) is 13.9. The maximum Gasteiger partial charge on any atom is 0.273 e. The van der Waals surface area contributed by atoms with Gasteiger partial charge in [0.05, 0.1) is 46.8 Å². The number of fused-ring (bicyclic) bond motifs is 5. The largest absolute Gasteiger partial charge is 0.494 e. The lowest BCUT2D eigenvalue weighted by molar-refractivity contribution is -0.384. The fourth-order valence-corrected chi connectivity index (χ4v) is 4.23. The highest BCUT2D eigenvalue weighted by Gasteiger charge is 2.70. The van der Waals surface area contributed by atoms with E-state index in [-0.39, 0.29) is 28.9 Å². The van der Waals surface area contributed by atoms with Crippen molar-refractivity contribution in [2.24, 2.45) is 11.8 Å². The number of nitro benzene ring substituents is 1. The van der Waals surface area contributed by atoms with Crippen molar-refractivity contribution in [1.82, 2.24) is 0 Å². The second-order valence-electron chi connectivity index (χ2n) is 6.88. The first-order valence-electron chi connectivity index (χ1n) is 7.83. The molecule has 2 fully saturated rings. The smallest absolute Gasteiger partial charge is 0.273 e. The molecule has 0 spiro atoms. The molecular formula is C17H16N2O6. The standard InChI is InChI=1S/C17H16N2O6/c1-16-6-7-17(2,25-16)13-12(16)14(20)18(15(13)21)10-5-4-9(19(22)23)8-11(10)24-3/h4-8,12-13H,1-3H3/t12-,13-,16-,17-/m1/s1. The molecule has 0 saturated carbocycles. The van der Waals surface area contributed by atoms with Crippen LogP contribution in [0.5, 0.6) is 5.75 Å². The number of hydrogen-bond donors (Lipinski definition) is 0. The van der Waals surface area contributed by atoms with Crippen LogP contribution < -0.4 is 9.64 Å². The molecule has 4 rings (SSSR count). The molecule has 8 nitrogen and oxygen atoms in total. The zero-order valence-corrected chi connectivity index (χ0v) is 13.9. The van der Waals surface area contributed by atoms with Gasteiger partial charge in [0, 0.05) is 6.07 Å². The van der Waals surface area contributed by atoms with E-state index in [1.54, 1.807) is 13.8 Å². The number of non-ortho nitro benzene ring substituents is 1. The van der Waals surface area contributed by atoms with Gasteiger partial charge in [0.25, 0.3) is 5.69 Å². The highest BCUT2D eigenvalue weighted by molar-refractivity contribution is 6.24. The zero-order chi connectivity index (χ0) is 18.1. The van der Waals surface area contributed by atoms with Gasteiger partial charge >= 0.3 is 0 Å². The van der Waals surface area contributed by atoms with Gasteiger partial charge < -0.3 is 9.47 Å². The lowest BCUT2D eigenvalue weighted by atomic mass is 9.73. The van der Waals surface area contributed by atoms with Gasteiger partial charge in [-0.1, -0.05) is 12.2 Å². The highest BCUT2D eigenvalue weighted by atomic mass is 16.6. The molecule has 8 heteroatoms. The third-order valence-electron chi connectivity index (χ3n) is 5.34. The molecule has 25 heavy (non-hydrogen) atoms. The Morgan fingerprint density at radius 2 is 1.72 bits per heavy atom. The summed E-state index contributed by atoms with van der Waals surface area (Å²) in [5, 5.41) is 10.9. The fourth-order valence-electron chi connectivity index (χ4n) is 4.23. The van der Waals surface area contributed by atoms with Gasteiger partial charge in [-0.25, -0.2) is 4.90 Å². The Kier molecular flexibility index (Phi) is 2.94. The van der Waals surface area contributed by atoms with E-state index < -0.39 is 28.0 Å². The number of carbonyl (C=O) groups is 2. The second kappa shape index (κ2) is 4.66. The van der Waals surface area contributed by atoms with Crippen molar-refractivity contribution in [3.63, 3.8) is 0 Å². The molecule has 1 aromatic rings. The first kappa shape index (κ1) is 15.8. The van der Waals surface area contributed by atoms with Crippen LogP contribution in [0.3, 0.4) is 0 Å². The summed E-state index contributed by atoms with van der Waals surface area (Å²) >= 11 is 0. The molecule has 0 aromatic heterocycles. The van der Waals surface area contributed by atoms with Gasteiger partial charge in [0.1, 0.15) is 5.75 Å². The number of methoxy groups -OCH3 is 1. The van der Waals surface area contributed by atoms with E-state index in [9.17, 15) is 19.7 Å². The summed E-state index contributed by atoms with van der Waals surface area (Å²) in [6, 6.07) is 3.82. The number of hydrogen-bond acceptors (Lipinski definition) is 6. The summed E-state index contributed by atoms with van der Waals surface area (Å²) in [4.78, 5) is 37.5. The van der Waals surface area contributed by atoms with Crippen molar-refractivity contribution in [2.45, 2.75) is 25.0 Å². The summed E-state index contributed by atoms with van der Waals surface area (Å²) in [7, 11) is 1.34. The van der Waals surface area contributed by atoms with Crippen LogP contribution in [0.25, 0.3) is 0 Å². The Bertz CT molecular complexity index is 829. The number of rotatable bonds is 3. The van der Waals surface area contributed by atoms with E-state index in [0.717, 1.165) is 4.90 Å². The lowest BCUT2D eigenvalue weighted by Gasteiger charge is -2.26. The number of anilines is 1. The molecule has 0 unspecified atom stereocenters. The highest BCUT2D eigenvalue weighted by Crippen LogP contribution is 2.58. The molecule has 0 N–H and O–H groups in total. The molecule has 2 saturated heterocycles. The Morgan fingerprint density at radius 3 is 2.20 bits per heavy atom. The van der Waals surface area contributed by atoms with Crippen molar-refractivity contribution in [3.8, 4) is 5.75 Å². The van der Waals surface area contributed by atoms with Crippen LogP contribution in [0, 0.1) is 22.0 Å². The van der Waals surface area contributed by atoms with Crippen molar-refractivity contribution in [3.05, 3.63) is 40.5 Å². The molecule has 4 atom stereocenters. The first-order chi connectivity index (χ1) is 11.7. The minimum atomic E-state index is -0.824. The number of ether oxygens (including phenoxy) is 2. The first-order valence-corrected chi connectivity index (χ1v) is 7.83. The SMILES string of the molecule is COc1cc([N+](=O)[O-])ccc1N1C(=O)[C@H]2[C@H](C1=O)[C@@]1(C)C=C[C@@]2(C)O1. The third-order valence-corrected chi connectivity index (χ3v) is 5.34. The number of imide groups is 1. The van der Waals surface area contributed by atoms with Gasteiger partial charge in [-0.3, -0.25) is 19.7 Å². The molecule has 1 aromatic carbocycles. The van der Waals surface area contributed by atoms with E-state index in [1.807, 2.05) is 12.2 Å². The number of benzene rings is 1. The molecule has 2 bridgehead atoms. The molecule has 2 amide bonds. The van der Waals surface area contributed by atoms with E-state index in [1.165, 1.54) is 25.3 Å². The second-order valence-corrected chi connectivity index (χ2v) is 6.88. The van der Waals surface area contributed by atoms with Crippen molar-refractivity contribution < 1.29 is 24.0 Å². The van der Waals surface area contributed by atoms with Gasteiger partial charge in [0.2, 0.25) is 11.8 Å². The summed E-state index contributed by atoms with van der Waals surface area (Å²) in [6.07, 6.45) is 3.66. The van der Waals surface area contributed by atoms with Crippen LogP contribution >= 0.6 is 0 Å². The lowest BCUT2D eigenvalue weighted by Crippen LogP contribution is -2.39. The fraction of sp³-hybridized carbons (Fsp3) is 0.412. The molecule has 3 aliphatic rings. The Labute approximate surface area is 143 Å². The number of nitro groups is 1. The quantitative estimate of drug-likeness (QED) is 0.359. The van der Waals surface area contributed by atoms with Crippen LogP contribution in [-0.4, -0.2) is 35.0 Å². The van der Waals surface area contributed by atoms with Gasteiger partial charge in [0.15, 0.2) is 0 Å². The van der Waals surface area contributed by atoms with E-state index in [4.69, 9.17) is 9.47 Å². The van der Waals surface area contributed by atoms with E-state index in [2.05, 4.69) is 0 Å². The molecule has 3 aliphatic heterocycles. The van der Waals surface area contributed by atoms with Gasteiger partial charge in [-0.05, 0) is 19.9 Å². The van der Waals surface area contributed by atoms with E-state index in [0.29, 0.717) is 0 Å². The van der Waals surface area contributed by atoms with E-state index >= 15 is 0 Å². The third kappa shape index (κ3) is 1.85. The van der Waals surface area contributed by atoms with Crippen molar-refractivity contribution in [2.75, 3.05) is 12.0 Å². The predicted molar refractivity (Wildman–Crippen MR) is 86.2 cm³/mol. The maximum absolute atomic E-state index is 13.0. The minimum absolute atomic E-state index is 0.104. The number of amides is 2. The molecular weight excluding hydrogens is 328 g/mol.